The highest BCUT2D eigenvalue weighted by Crippen LogP contribution is 2.34. The fourth-order valence-corrected chi connectivity index (χ4v) is 6.00. The maximum atomic E-state index is 13.1. The van der Waals surface area contributed by atoms with Gasteiger partial charge in [-0.3, -0.25) is 28.5 Å². The summed E-state index contributed by atoms with van der Waals surface area (Å²) in [6, 6.07) is -2.57. The number of carbonyl (C=O) groups excluding carboxylic acids is 2. The summed E-state index contributed by atoms with van der Waals surface area (Å²) in [5.74, 6) is -0.264. The van der Waals surface area contributed by atoms with Crippen LogP contribution < -0.4 is 32.8 Å². The number of nitrogens with one attached hydrogen (secondary N) is 5. The lowest BCUT2D eigenvalue weighted by atomic mass is 10.0. The third-order valence-corrected chi connectivity index (χ3v) is 8.04. The summed E-state index contributed by atoms with van der Waals surface area (Å²) in [4.78, 5) is 72.2. The minimum absolute atomic E-state index is 0.0211. The highest BCUT2D eigenvalue weighted by molar-refractivity contribution is 5.77. The van der Waals surface area contributed by atoms with Gasteiger partial charge < -0.3 is 46.4 Å². The van der Waals surface area contributed by atoms with Gasteiger partial charge in [0.2, 0.25) is 11.9 Å². The molecule has 8 atom stereocenters. The summed E-state index contributed by atoms with van der Waals surface area (Å²) in [5.41, 5.74) is 4.96. The molecule has 44 heavy (non-hydrogen) atoms. The van der Waals surface area contributed by atoms with Crippen LogP contribution in [-0.4, -0.2) is 104 Å². The minimum Gasteiger partial charge on any atom is -0.386 e. The number of fused-ring (bicyclic) bond motifs is 4. The number of nitrogens with two attached hydrogens (primary N) is 1. The molecule has 3 saturated heterocycles. The number of imidazole rings is 2. The number of carbonyl (C=O) groups is 2. The first-order valence-electron chi connectivity index (χ1n) is 13.8. The maximum Gasteiger partial charge on any atom is 0.315 e. The number of hydrogen-bond acceptors (Lipinski definition) is 13. The van der Waals surface area contributed by atoms with Gasteiger partial charge in [-0.25, -0.2) is 19.7 Å². The molecule has 3 aliphatic heterocycles. The second-order valence-electron chi connectivity index (χ2n) is 10.9. The summed E-state index contributed by atoms with van der Waals surface area (Å²) in [6.07, 6.45) is -3.95. The third-order valence-electron chi connectivity index (χ3n) is 8.04. The quantitative estimate of drug-likeness (QED) is 0.110. The molecule has 0 saturated carbocycles. The summed E-state index contributed by atoms with van der Waals surface area (Å²) >= 11 is 0. The Hall–Kier alpha value is -4.92. The molecular weight excluding hydrogens is 584 g/mol. The Kier molecular flexibility index (Phi) is 6.57. The highest BCUT2D eigenvalue weighted by atomic mass is 16.5. The predicted molar refractivity (Wildman–Crippen MR) is 147 cm³/mol. The number of nitrogen functional groups attached to an aromatic ring is 1. The number of aliphatic hydroxyl groups excluding tert-OH is 2. The zero-order chi connectivity index (χ0) is 30.9. The van der Waals surface area contributed by atoms with Gasteiger partial charge in [0.25, 0.3) is 11.1 Å². The molecule has 0 radical (unpaired) electrons. The molecule has 7 heterocycles. The highest BCUT2D eigenvalue weighted by Gasteiger charge is 2.49. The zero-order valence-corrected chi connectivity index (χ0v) is 23.0. The van der Waals surface area contributed by atoms with E-state index in [-0.39, 0.29) is 47.7 Å². The van der Waals surface area contributed by atoms with Crippen molar-refractivity contribution in [3.63, 3.8) is 0 Å². The van der Waals surface area contributed by atoms with Gasteiger partial charge in [-0.1, -0.05) is 0 Å². The number of aliphatic hydroxyl groups is 2. The average Bonchev–Trinajstić information content (AvgIpc) is 3.72. The van der Waals surface area contributed by atoms with Crippen molar-refractivity contribution >= 4 is 40.2 Å². The smallest absolute Gasteiger partial charge is 0.315 e. The Labute approximate surface area is 245 Å². The Morgan fingerprint density at radius 3 is 2.14 bits per heavy atom. The Balaban J connectivity index is 1.13. The molecule has 3 aliphatic rings. The van der Waals surface area contributed by atoms with Crippen molar-refractivity contribution in [1.82, 2.24) is 55.0 Å². The molecule has 20 heteroatoms. The van der Waals surface area contributed by atoms with Crippen LogP contribution in [0.3, 0.4) is 0 Å². The molecular formula is C24H28N12O8. The molecule has 4 aromatic rings. The molecule has 20 nitrogen and oxygen atoms in total. The van der Waals surface area contributed by atoms with Crippen molar-refractivity contribution in [3.05, 3.63) is 39.2 Å². The summed E-state index contributed by atoms with van der Waals surface area (Å²) in [7, 11) is 0. The van der Waals surface area contributed by atoms with Crippen LogP contribution in [0.1, 0.15) is 31.1 Å². The molecule has 0 spiro atoms. The van der Waals surface area contributed by atoms with Crippen molar-refractivity contribution < 1.29 is 29.3 Å². The average molecular weight is 613 g/mol. The van der Waals surface area contributed by atoms with E-state index in [1.165, 1.54) is 21.8 Å². The molecule has 2 unspecified atom stereocenters. The number of hydrogen-bond donors (Lipinski definition) is 8. The zero-order valence-electron chi connectivity index (χ0n) is 23.0. The number of nitrogens with zero attached hydrogens (tertiary/aromatic N) is 6. The van der Waals surface area contributed by atoms with Crippen molar-refractivity contribution in [2.45, 2.75) is 68.7 Å². The molecule has 232 valence electrons. The maximum absolute atomic E-state index is 13.1. The Bertz CT molecular complexity index is 1760. The lowest BCUT2D eigenvalue weighted by Crippen LogP contribution is -2.55. The number of aryl methyl sites for hydroxylation is 1. The largest absolute Gasteiger partial charge is 0.386 e. The van der Waals surface area contributed by atoms with E-state index in [1.807, 2.05) is 0 Å². The van der Waals surface area contributed by atoms with Gasteiger partial charge in [-0.2, -0.15) is 4.98 Å². The van der Waals surface area contributed by atoms with Gasteiger partial charge in [-0.15, -0.1) is 0 Å². The van der Waals surface area contributed by atoms with Crippen molar-refractivity contribution in [2.75, 3.05) is 12.3 Å². The van der Waals surface area contributed by atoms with Crippen LogP contribution in [0.2, 0.25) is 0 Å². The minimum atomic E-state index is -1.33. The van der Waals surface area contributed by atoms with Crippen molar-refractivity contribution in [1.29, 1.82) is 0 Å². The number of urea groups is 1. The lowest BCUT2D eigenvalue weighted by Gasteiger charge is -2.26. The number of H-pyrrole nitrogens is 2. The van der Waals surface area contributed by atoms with Crippen LogP contribution in [0.4, 0.5) is 10.7 Å². The van der Waals surface area contributed by atoms with Crippen LogP contribution in [-0.2, 0) is 14.3 Å². The van der Waals surface area contributed by atoms with Gasteiger partial charge in [-0.05, 0) is 13.3 Å². The van der Waals surface area contributed by atoms with Crippen LogP contribution in [0.25, 0.3) is 22.3 Å². The summed E-state index contributed by atoms with van der Waals surface area (Å²) in [6.45, 7) is 1.45. The number of amides is 3. The number of aromatic amines is 2. The molecule has 7 rings (SSSR count). The van der Waals surface area contributed by atoms with Gasteiger partial charge in [0, 0.05) is 13.0 Å². The van der Waals surface area contributed by atoms with E-state index >= 15 is 0 Å². The first-order chi connectivity index (χ1) is 21.1. The Morgan fingerprint density at radius 1 is 0.864 bits per heavy atom. The van der Waals surface area contributed by atoms with Crippen LogP contribution >= 0.6 is 0 Å². The van der Waals surface area contributed by atoms with E-state index in [2.05, 4.69) is 45.9 Å². The first kappa shape index (κ1) is 27.9. The monoisotopic (exact) mass is 612 g/mol. The normalized spacial score (nSPS) is 31.1. The molecule has 4 aromatic heterocycles. The molecule has 9 N–H and O–H groups in total. The number of ether oxygens (including phenoxy) is 2. The molecule has 3 amide bonds. The standard InChI is InChI=1S/C24H28N12O8/c1-7-29-17-13(19(40)30-7)27-5-35(17)21-15(38)11-8(43-21)2-3-10(37)31-12-9(4-26-24(42)32-11)44-22(16(12)39)36-6-28-14-18(36)33-23(25)34-20(14)41/h5-6,8-9,11-12,15-16,21-22,38-39H,2-4H2,1H3,(H,31,37)(H2,26,32,42)(H,29,30,40)(H3,25,33,34,41)/t8-,9-,11?,12+,15+,16?,21-,22-/m1/s1. The van der Waals surface area contributed by atoms with Crippen LogP contribution in [0.5, 0.6) is 0 Å². The van der Waals surface area contributed by atoms with E-state index in [0.717, 1.165) is 0 Å². The topological polar surface area (TPSA) is 282 Å². The summed E-state index contributed by atoms with van der Waals surface area (Å²) in [5, 5.41) is 30.6. The van der Waals surface area contributed by atoms with E-state index in [9.17, 15) is 29.4 Å². The van der Waals surface area contributed by atoms with Gasteiger partial charge in [0.05, 0.1) is 30.8 Å². The molecule has 0 aromatic carbocycles. The van der Waals surface area contributed by atoms with Gasteiger partial charge >= 0.3 is 6.03 Å². The SMILES string of the molecule is Cc1nc2c(ncn2[C@@H]2O[C@@H]3CCC(=O)N[C@@H]4C(O)[C@H](n5cnc6c(=O)[nH]c(N)nc65)O[C@@H]4CNC(=O)NC3[C@@H]2O)c(=O)[nH]1. The van der Waals surface area contributed by atoms with E-state index in [0.29, 0.717) is 5.82 Å². The number of rotatable bonds is 2. The van der Waals surface area contributed by atoms with E-state index in [4.69, 9.17) is 15.2 Å². The number of anilines is 1. The van der Waals surface area contributed by atoms with E-state index in [1.54, 1.807) is 6.92 Å². The fourth-order valence-electron chi connectivity index (χ4n) is 6.00. The molecule has 0 aliphatic carbocycles. The summed E-state index contributed by atoms with van der Waals surface area (Å²) < 4.78 is 14.9. The van der Waals surface area contributed by atoms with E-state index < -0.39 is 72.0 Å². The van der Waals surface area contributed by atoms with Gasteiger partial charge in [0.1, 0.15) is 24.1 Å². The van der Waals surface area contributed by atoms with Crippen LogP contribution in [0.15, 0.2) is 22.2 Å². The van der Waals surface area contributed by atoms with Crippen molar-refractivity contribution in [2.24, 2.45) is 0 Å². The lowest BCUT2D eigenvalue weighted by molar-refractivity contribution is -0.123. The number of aromatic nitrogens is 8. The third kappa shape index (κ3) is 4.54. The molecule has 0 bridgehead atoms. The van der Waals surface area contributed by atoms with Crippen molar-refractivity contribution in [3.8, 4) is 0 Å². The fraction of sp³-hybridized carbons (Fsp3) is 0.500. The van der Waals surface area contributed by atoms with Gasteiger partial charge in [0.15, 0.2) is 34.8 Å². The first-order valence-corrected chi connectivity index (χ1v) is 13.8. The second-order valence-corrected chi connectivity index (χ2v) is 10.9. The van der Waals surface area contributed by atoms with Crippen LogP contribution in [0, 0.1) is 6.92 Å². The second kappa shape index (κ2) is 10.4. The predicted octanol–water partition coefficient (Wildman–Crippen LogP) is -3.39. The molecule has 3 fully saturated rings. The Morgan fingerprint density at radius 2 is 1.45 bits per heavy atom.